The number of fused-ring (bicyclic) bond motifs is 6. The van der Waals surface area contributed by atoms with Gasteiger partial charge in [0.15, 0.2) is 0 Å². The first-order chi connectivity index (χ1) is 17.3. The Morgan fingerprint density at radius 3 is 2.69 bits per heavy atom. The minimum Gasteiger partial charge on any atom is -0.300 e. The molecule has 0 bridgehead atoms. The second-order valence-electron chi connectivity index (χ2n) is 8.94. The lowest BCUT2D eigenvalue weighted by molar-refractivity contribution is 1.02. The van der Waals surface area contributed by atoms with Crippen LogP contribution in [0, 0.1) is 23.2 Å². The molecule has 0 spiro atoms. The molecule has 2 nitrogen and oxygen atoms in total. The number of para-hydroxylation sites is 2. The van der Waals surface area contributed by atoms with Crippen molar-refractivity contribution in [3.05, 3.63) is 106 Å². The zero-order valence-electron chi connectivity index (χ0n) is 19.0. The molecule has 0 amide bonds. The van der Waals surface area contributed by atoms with E-state index in [0.717, 1.165) is 47.1 Å². The average Bonchev–Trinajstić information content (AvgIpc) is 3.32. The normalized spacial score (nSPS) is 14.0. The Kier molecular flexibility index (Phi) is 4.52. The Bertz CT molecular complexity index is 1840. The van der Waals surface area contributed by atoms with Crippen LogP contribution in [-0.2, 0) is 6.42 Å². The summed E-state index contributed by atoms with van der Waals surface area (Å²) < 4.78 is 3.58. The van der Waals surface area contributed by atoms with E-state index >= 15 is 0 Å². The van der Waals surface area contributed by atoms with E-state index < -0.39 is 0 Å². The fraction of sp³-hybridized carbons (Fsp3) is 0.0938. The maximum absolute atomic E-state index is 10.0. The molecule has 0 atom stereocenters. The Hall–Kier alpha value is -4.31. The van der Waals surface area contributed by atoms with Gasteiger partial charge in [0.1, 0.15) is 11.8 Å². The molecule has 2 aromatic heterocycles. The van der Waals surface area contributed by atoms with Gasteiger partial charge < -0.3 is 4.57 Å². The molecule has 5 aromatic rings. The highest BCUT2D eigenvalue weighted by Gasteiger charge is 2.23. The van der Waals surface area contributed by atoms with Crippen LogP contribution in [0.5, 0.6) is 0 Å². The number of allylic oxidation sites excluding steroid dienone is 2. The largest absolute Gasteiger partial charge is 0.300 e. The van der Waals surface area contributed by atoms with E-state index in [0.29, 0.717) is 5.56 Å². The first kappa shape index (κ1) is 20.1. The van der Waals surface area contributed by atoms with Crippen LogP contribution in [0.25, 0.3) is 44.4 Å². The van der Waals surface area contributed by atoms with E-state index in [9.17, 15) is 5.26 Å². The fourth-order valence-corrected chi connectivity index (χ4v) is 6.65. The quantitative estimate of drug-likeness (QED) is 0.244. The number of nitrogens with zero attached hydrogens (tertiary/aromatic N) is 2. The summed E-state index contributed by atoms with van der Waals surface area (Å²) in [6.07, 6.45) is 9.42. The molecule has 2 heterocycles. The van der Waals surface area contributed by atoms with Gasteiger partial charge in [0, 0.05) is 32.5 Å². The van der Waals surface area contributed by atoms with Gasteiger partial charge in [-0.15, -0.1) is 11.3 Å². The van der Waals surface area contributed by atoms with Crippen LogP contribution in [0.2, 0.25) is 0 Å². The van der Waals surface area contributed by atoms with Gasteiger partial charge in [-0.1, -0.05) is 66.6 Å². The van der Waals surface area contributed by atoms with Crippen molar-refractivity contribution in [3.8, 4) is 23.6 Å². The zero-order valence-corrected chi connectivity index (χ0v) is 19.8. The molecule has 0 radical (unpaired) electrons. The summed E-state index contributed by atoms with van der Waals surface area (Å²) in [4.78, 5) is 1.47. The lowest BCUT2D eigenvalue weighted by Gasteiger charge is -2.19. The number of rotatable bonds is 2. The Balaban J connectivity index is 1.52. The molecule has 0 N–H and O–H groups in total. The number of aromatic nitrogens is 1. The van der Waals surface area contributed by atoms with Crippen LogP contribution in [0.1, 0.15) is 45.7 Å². The molecule has 35 heavy (non-hydrogen) atoms. The van der Waals surface area contributed by atoms with E-state index in [4.69, 9.17) is 0 Å². The SMILES string of the molecule is N#Cc1cccc2c3c(n(-c4ccccc4C4=Cc5c(sc6ccccc56)CC4)c12)C#CCC=C3. The van der Waals surface area contributed by atoms with Gasteiger partial charge in [0.2, 0.25) is 0 Å². The van der Waals surface area contributed by atoms with Crippen molar-refractivity contribution in [3.63, 3.8) is 0 Å². The third-order valence-electron chi connectivity index (χ3n) is 7.00. The second kappa shape index (κ2) is 7.88. The molecule has 2 aliphatic rings. The highest BCUT2D eigenvalue weighted by atomic mass is 32.1. The maximum Gasteiger partial charge on any atom is 0.105 e. The van der Waals surface area contributed by atoms with Crippen molar-refractivity contribution in [2.24, 2.45) is 0 Å². The van der Waals surface area contributed by atoms with E-state index in [1.165, 1.54) is 31.7 Å². The number of hydrogen-bond donors (Lipinski definition) is 0. The Morgan fingerprint density at radius 1 is 0.886 bits per heavy atom. The predicted molar refractivity (Wildman–Crippen MR) is 147 cm³/mol. The first-order valence-corrected chi connectivity index (χ1v) is 12.7. The summed E-state index contributed by atoms with van der Waals surface area (Å²) in [6, 6.07) is 25.7. The van der Waals surface area contributed by atoms with Crippen LogP contribution >= 0.6 is 11.3 Å². The van der Waals surface area contributed by atoms with Crippen LogP contribution in [0.4, 0.5) is 0 Å². The lowest BCUT2D eigenvalue weighted by Crippen LogP contribution is -2.05. The molecule has 0 unspecified atom stereocenters. The molecule has 0 saturated carbocycles. The molecule has 3 aromatic carbocycles. The predicted octanol–water partition coefficient (Wildman–Crippen LogP) is 7.97. The molecule has 0 aliphatic heterocycles. The minimum absolute atomic E-state index is 0.671. The molecular formula is C32H20N2S. The fourth-order valence-electron chi connectivity index (χ4n) is 5.46. The van der Waals surface area contributed by atoms with Gasteiger partial charge in [-0.25, -0.2) is 0 Å². The summed E-state index contributed by atoms with van der Waals surface area (Å²) in [5.74, 6) is 6.71. The number of thiophene rings is 1. The average molecular weight is 465 g/mol. The van der Waals surface area contributed by atoms with E-state index in [1.54, 1.807) is 0 Å². The summed E-state index contributed by atoms with van der Waals surface area (Å²) >= 11 is 1.91. The Morgan fingerprint density at radius 2 is 1.74 bits per heavy atom. The molecule has 3 heteroatoms. The summed E-state index contributed by atoms with van der Waals surface area (Å²) in [5.41, 5.74) is 8.65. The number of hydrogen-bond acceptors (Lipinski definition) is 2. The van der Waals surface area contributed by atoms with Crippen LogP contribution in [-0.4, -0.2) is 4.57 Å². The van der Waals surface area contributed by atoms with Gasteiger partial charge in [-0.05, 0) is 59.6 Å². The molecule has 0 saturated heterocycles. The molecule has 0 fully saturated rings. The van der Waals surface area contributed by atoms with Crippen molar-refractivity contribution in [1.82, 2.24) is 4.57 Å². The highest BCUT2D eigenvalue weighted by molar-refractivity contribution is 7.19. The van der Waals surface area contributed by atoms with Crippen molar-refractivity contribution in [1.29, 1.82) is 5.26 Å². The van der Waals surface area contributed by atoms with E-state index in [2.05, 4.69) is 95.3 Å². The molecular weight excluding hydrogens is 444 g/mol. The molecule has 2 aliphatic carbocycles. The maximum atomic E-state index is 10.0. The van der Waals surface area contributed by atoms with Crippen LogP contribution in [0.15, 0.2) is 72.8 Å². The number of aryl methyl sites for hydroxylation is 1. The van der Waals surface area contributed by atoms with Gasteiger partial charge in [-0.3, -0.25) is 0 Å². The zero-order chi connectivity index (χ0) is 23.4. The molecule has 7 rings (SSSR count). The van der Waals surface area contributed by atoms with E-state index in [-0.39, 0.29) is 0 Å². The summed E-state index contributed by atoms with van der Waals surface area (Å²) in [6.45, 7) is 0. The third kappa shape index (κ3) is 3.03. The monoisotopic (exact) mass is 464 g/mol. The molecule has 164 valence electrons. The Labute approximate surface area is 208 Å². The van der Waals surface area contributed by atoms with Crippen molar-refractivity contribution in [2.75, 3.05) is 0 Å². The first-order valence-electron chi connectivity index (χ1n) is 11.9. The minimum atomic E-state index is 0.671. The summed E-state index contributed by atoms with van der Waals surface area (Å²) in [5, 5.41) is 12.4. The number of benzene rings is 3. The lowest BCUT2D eigenvalue weighted by atomic mass is 9.91. The third-order valence-corrected chi connectivity index (χ3v) is 8.25. The van der Waals surface area contributed by atoms with Gasteiger partial charge >= 0.3 is 0 Å². The van der Waals surface area contributed by atoms with Gasteiger partial charge in [0.05, 0.1) is 16.8 Å². The van der Waals surface area contributed by atoms with Crippen LogP contribution < -0.4 is 0 Å². The standard InChI is InChI=1S/C32H20N2S/c33-20-22-9-8-13-26-24-11-2-1-3-14-29(24)34(32(22)26)28-15-6-4-10-23(28)21-17-18-31-27(19-21)25-12-5-7-16-30(25)35-31/h2,4-13,15-16,19H,1,17-18H2. The van der Waals surface area contributed by atoms with Crippen molar-refractivity contribution < 1.29 is 0 Å². The topological polar surface area (TPSA) is 28.7 Å². The van der Waals surface area contributed by atoms with Gasteiger partial charge in [0.25, 0.3) is 0 Å². The second-order valence-corrected chi connectivity index (χ2v) is 10.1. The summed E-state index contributed by atoms with van der Waals surface area (Å²) in [7, 11) is 0. The smallest absolute Gasteiger partial charge is 0.105 e. The number of nitriles is 1. The van der Waals surface area contributed by atoms with Crippen LogP contribution in [0.3, 0.4) is 0 Å². The van der Waals surface area contributed by atoms with Gasteiger partial charge in [-0.2, -0.15) is 5.26 Å². The van der Waals surface area contributed by atoms with E-state index in [1.807, 2.05) is 23.5 Å². The van der Waals surface area contributed by atoms with Crippen molar-refractivity contribution >= 4 is 50.1 Å². The highest BCUT2D eigenvalue weighted by Crippen LogP contribution is 2.42. The van der Waals surface area contributed by atoms with Crippen molar-refractivity contribution in [2.45, 2.75) is 19.3 Å².